The SMILES string of the molecule is O=C1NC(=O)N(c2cccc(Br)c2)C(=O)/C1=C/c1ccco1. The quantitative estimate of drug-likeness (QED) is 0.659. The van der Waals surface area contributed by atoms with Gasteiger partial charge in [-0.15, -0.1) is 0 Å². The minimum absolute atomic E-state index is 0.172. The molecule has 0 spiro atoms. The molecule has 0 unspecified atom stereocenters. The lowest BCUT2D eigenvalue weighted by molar-refractivity contribution is -0.122. The van der Waals surface area contributed by atoms with Crippen molar-refractivity contribution in [3.8, 4) is 0 Å². The van der Waals surface area contributed by atoms with E-state index in [0.717, 1.165) is 4.90 Å². The first kappa shape index (κ1) is 14.3. The van der Waals surface area contributed by atoms with Crippen LogP contribution in [0.3, 0.4) is 0 Å². The summed E-state index contributed by atoms with van der Waals surface area (Å²) >= 11 is 3.28. The van der Waals surface area contributed by atoms with E-state index in [2.05, 4.69) is 21.2 Å². The average Bonchev–Trinajstić information content (AvgIpc) is 2.96. The van der Waals surface area contributed by atoms with Crippen LogP contribution in [-0.4, -0.2) is 17.8 Å². The van der Waals surface area contributed by atoms with Gasteiger partial charge in [0.2, 0.25) is 0 Å². The number of hydrogen-bond donors (Lipinski definition) is 1. The van der Waals surface area contributed by atoms with Gasteiger partial charge >= 0.3 is 6.03 Å². The van der Waals surface area contributed by atoms with Gasteiger partial charge in [0.15, 0.2) is 0 Å². The van der Waals surface area contributed by atoms with Crippen molar-refractivity contribution >= 4 is 45.5 Å². The highest BCUT2D eigenvalue weighted by Gasteiger charge is 2.37. The predicted molar refractivity (Wildman–Crippen MR) is 81.9 cm³/mol. The molecular weight excluding hydrogens is 352 g/mol. The zero-order valence-electron chi connectivity index (χ0n) is 11.1. The number of amides is 4. The smallest absolute Gasteiger partial charge is 0.335 e. The standard InChI is InChI=1S/C15H9BrN2O4/c16-9-3-1-4-10(7-9)18-14(20)12(13(19)17-15(18)21)8-11-5-2-6-22-11/h1-8H,(H,17,19,21)/b12-8+. The summed E-state index contributed by atoms with van der Waals surface area (Å²) in [5.74, 6) is -1.11. The normalized spacial score (nSPS) is 17.0. The van der Waals surface area contributed by atoms with E-state index < -0.39 is 17.8 Å². The molecule has 1 aromatic carbocycles. The Bertz CT molecular complexity index is 796. The topological polar surface area (TPSA) is 79.6 Å². The largest absolute Gasteiger partial charge is 0.465 e. The zero-order chi connectivity index (χ0) is 15.7. The summed E-state index contributed by atoms with van der Waals surface area (Å²) in [5, 5.41) is 2.14. The molecule has 1 fully saturated rings. The lowest BCUT2D eigenvalue weighted by Crippen LogP contribution is -2.54. The summed E-state index contributed by atoms with van der Waals surface area (Å²) in [6.45, 7) is 0. The third-order valence-electron chi connectivity index (χ3n) is 3.00. The number of nitrogens with zero attached hydrogens (tertiary/aromatic N) is 1. The minimum Gasteiger partial charge on any atom is -0.465 e. The molecule has 3 rings (SSSR count). The van der Waals surface area contributed by atoms with E-state index in [9.17, 15) is 14.4 Å². The van der Waals surface area contributed by atoms with Crippen LogP contribution >= 0.6 is 15.9 Å². The molecule has 110 valence electrons. The summed E-state index contributed by atoms with van der Waals surface area (Å²) in [4.78, 5) is 37.3. The van der Waals surface area contributed by atoms with Crippen molar-refractivity contribution in [1.29, 1.82) is 0 Å². The van der Waals surface area contributed by atoms with E-state index in [0.29, 0.717) is 15.9 Å². The number of rotatable bonds is 2. The third-order valence-corrected chi connectivity index (χ3v) is 3.49. The molecule has 7 heteroatoms. The highest BCUT2D eigenvalue weighted by atomic mass is 79.9. The Labute approximate surface area is 133 Å². The fourth-order valence-corrected chi connectivity index (χ4v) is 2.41. The van der Waals surface area contributed by atoms with Gasteiger partial charge in [-0.25, -0.2) is 9.69 Å². The first-order chi connectivity index (χ1) is 10.6. The lowest BCUT2D eigenvalue weighted by atomic mass is 10.1. The number of nitrogens with one attached hydrogen (secondary N) is 1. The zero-order valence-corrected chi connectivity index (χ0v) is 12.7. The fraction of sp³-hybridized carbons (Fsp3) is 0. The molecule has 0 saturated carbocycles. The second kappa shape index (κ2) is 5.61. The molecule has 22 heavy (non-hydrogen) atoms. The van der Waals surface area contributed by atoms with E-state index in [4.69, 9.17) is 4.42 Å². The third kappa shape index (κ3) is 2.58. The van der Waals surface area contributed by atoms with E-state index >= 15 is 0 Å². The Morgan fingerprint density at radius 3 is 2.64 bits per heavy atom. The van der Waals surface area contributed by atoms with Crippen LogP contribution < -0.4 is 10.2 Å². The van der Waals surface area contributed by atoms with Crippen molar-refractivity contribution in [1.82, 2.24) is 5.32 Å². The molecular formula is C15H9BrN2O4. The van der Waals surface area contributed by atoms with Crippen molar-refractivity contribution in [3.05, 3.63) is 58.5 Å². The van der Waals surface area contributed by atoms with Crippen LogP contribution in [0.5, 0.6) is 0 Å². The van der Waals surface area contributed by atoms with Crippen LogP contribution in [0.2, 0.25) is 0 Å². The van der Waals surface area contributed by atoms with Crippen molar-refractivity contribution in [3.63, 3.8) is 0 Å². The molecule has 4 amide bonds. The Balaban J connectivity index is 2.03. The maximum atomic E-state index is 12.5. The summed E-state index contributed by atoms with van der Waals surface area (Å²) in [5.41, 5.74) is 0.184. The number of imide groups is 2. The van der Waals surface area contributed by atoms with E-state index in [1.165, 1.54) is 12.3 Å². The number of barbiturate groups is 1. The molecule has 6 nitrogen and oxygen atoms in total. The minimum atomic E-state index is -0.787. The summed E-state index contributed by atoms with van der Waals surface area (Å²) in [6.07, 6.45) is 2.73. The monoisotopic (exact) mass is 360 g/mol. The molecule has 1 aliphatic heterocycles. The van der Waals surface area contributed by atoms with Gasteiger partial charge in [0.1, 0.15) is 11.3 Å². The predicted octanol–water partition coefficient (Wildman–Crippen LogP) is 2.71. The summed E-state index contributed by atoms with van der Waals surface area (Å²) in [7, 11) is 0. The molecule has 0 bridgehead atoms. The van der Waals surface area contributed by atoms with Crippen molar-refractivity contribution < 1.29 is 18.8 Å². The first-order valence-corrected chi connectivity index (χ1v) is 7.06. The number of carbonyl (C=O) groups excluding carboxylic acids is 3. The number of halogens is 1. The summed E-state index contributed by atoms with van der Waals surface area (Å²) in [6, 6.07) is 9.11. The molecule has 0 aliphatic carbocycles. The van der Waals surface area contributed by atoms with Gasteiger partial charge < -0.3 is 4.42 Å². The van der Waals surface area contributed by atoms with Gasteiger partial charge in [0.05, 0.1) is 12.0 Å². The fourth-order valence-electron chi connectivity index (χ4n) is 2.02. The van der Waals surface area contributed by atoms with E-state index in [-0.39, 0.29) is 5.57 Å². The van der Waals surface area contributed by atoms with Crippen LogP contribution in [-0.2, 0) is 9.59 Å². The summed E-state index contributed by atoms with van der Waals surface area (Å²) < 4.78 is 5.81. The molecule has 0 atom stereocenters. The van der Waals surface area contributed by atoms with Crippen LogP contribution in [0.1, 0.15) is 5.76 Å². The van der Waals surface area contributed by atoms with Gasteiger partial charge in [-0.3, -0.25) is 14.9 Å². The number of anilines is 1. The molecule has 1 aromatic heterocycles. The Morgan fingerprint density at radius 2 is 1.95 bits per heavy atom. The van der Waals surface area contributed by atoms with Gasteiger partial charge in [-0.1, -0.05) is 22.0 Å². The molecule has 2 heterocycles. The van der Waals surface area contributed by atoms with Crippen LogP contribution in [0, 0.1) is 0 Å². The average molecular weight is 361 g/mol. The number of hydrogen-bond acceptors (Lipinski definition) is 4. The Hall–Kier alpha value is -2.67. The molecule has 1 N–H and O–H groups in total. The van der Waals surface area contributed by atoms with Crippen molar-refractivity contribution in [2.45, 2.75) is 0 Å². The van der Waals surface area contributed by atoms with Gasteiger partial charge in [0, 0.05) is 4.47 Å². The highest BCUT2D eigenvalue weighted by molar-refractivity contribution is 9.10. The van der Waals surface area contributed by atoms with E-state index in [1.54, 1.807) is 36.4 Å². The Morgan fingerprint density at radius 1 is 1.14 bits per heavy atom. The van der Waals surface area contributed by atoms with Gasteiger partial charge in [-0.2, -0.15) is 0 Å². The van der Waals surface area contributed by atoms with Gasteiger partial charge in [0.25, 0.3) is 11.8 Å². The second-order valence-corrected chi connectivity index (χ2v) is 5.37. The lowest BCUT2D eigenvalue weighted by Gasteiger charge is -2.26. The molecule has 1 saturated heterocycles. The van der Waals surface area contributed by atoms with Crippen molar-refractivity contribution in [2.75, 3.05) is 4.90 Å². The van der Waals surface area contributed by atoms with Crippen LogP contribution in [0.15, 0.2) is 57.1 Å². The maximum Gasteiger partial charge on any atom is 0.335 e. The van der Waals surface area contributed by atoms with Gasteiger partial charge in [-0.05, 0) is 36.4 Å². The Kier molecular flexibility index (Phi) is 3.64. The second-order valence-electron chi connectivity index (χ2n) is 4.45. The first-order valence-electron chi connectivity index (χ1n) is 6.27. The number of carbonyl (C=O) groups is 3. The highest BCUT2D eigenvalue weighted by Crippen LogP contribution is 2.24. The molecule has 1 aliphatic rings. The van der Waals surface area contributed by atoms with Crippen molar-refractivity contribution in [2.24, 2.45) is 0 Å². The van der Waals surface area contributed by atoms with Crippen LogP contribution in [0.25, 0.3) is 6.08 Å². The number of urea groups is 1. The molecule has 0 radical (unpaired) electrons. The van der Waals surface area contributed by atoms with Crippen LogP contribution in [0.4, 0.5) is 10.5 Å². The maximum absolute atomic E-state index is 12.5. The number of furan rings is 1. The van der Waals surface area contributed by atoms with E-state index in [1.807, 2.05) is 0 Å². The molecule has 2 aromatic rings. The number of benzene rings is 1.